The molecule has 0 bridgehead atoms. The number of nitrogens with one attached hydrogen (secondary N) is 2. The van der Waals surface area contributed by atoms with E-state index in [0.29, 0.717) is 11.4 Å². The lowest BCUT2D eigenvalue weighted by atomic mass is 10.2. The Balaban J connectivity index is 1.91. The lowest BCUT2D eigenvalue weighted by Gasteiger charge is -2.15. The monoisotopic (exact) mass is 291 g/mol. The largest absolute Gasteiger partial charge is 0.506 e. The van der Waals surface area contributed by atoms with Crippen molar-refractivity contribution in [2.24, 2.45) is 0 Å². The summed E-state index contributed by atoms with van der Waals surface area (Å²) in [4.78, 5) is 0. The van der Waals surface area contributed by atoms with Gasteiger partial charge in [0.15, 0.2) is 0 Å². The molecule has 3 rings (SSSR count). The smallest absolute Gasteiger partial charge is 0.139 e. The maximum atomic E-state index is 9.89. The predicted octanol–water partition coefficient (Wildman–Crippen LogP) is 4.46. The van der Waals surface area contributed by atoms with Crippen LogP contribution in [0.5, 0.6) is 5.75 Å². The fourth-order valence-electron chi connectivity index (χ4n) is 2.18. The van der Waals surface area contributed by atoms with Crippen LogP contribution in [0.15, 0.2) is 72.8 Å². The highest BCUT2D eigenvalue weighted by Crippen LogP contribution is 2.32. The van der Waals surface area contributed by atoms with Crippen molar-refractivity contribution in [3.8, 4) is 5.75 Å². The summed E-state index contributed by atoms with van der Waals surface area (Å²) in [6.07, 6.45) is 0. The van der Waals surface area contributed by atoms with E-state index < -0.39 is 0 Å². The van der Waals surface area contributed by atoms with E-state index in [0.717, 1.165) is 17.1 Å². The van der Waals surface area contributed by atoms with Crippen molar-refractivity contribution in [1.29, 1.82) is 0 Å². The molecule has 0 heterocycles. The zero-order chi connectivity index (χ0) is 15.4. The molecule has 0 aliphatic rings. The van der Waals surface area contributed by atoms with Gasteiger partial charge >= 0.3 is 0 Å². The average molecular weight is 291 g/mol. The SMILES string of the molecule is Nc1ccccc1Nc1ccccc1Nc1ccccc1O. The number of phenols is 1. The number of benzene rings is 3. The molecule has 0 aliphatic heterocycles. The van der Waals surface area contributed by atoms with Gasteiger partial charge in [-0.2, -0.15) is 0 Å². The van der Waals surface area contributed by atoms with Crippen molar-refractivity contribution in [3.63, 3.8) is 0 Å². The highest BCUT2D eigenvalue weighted by molar-refractivity contribution is 5.82. The highest BCUT2D eigenvalue weighted by Gasteiger charge is 2.06. The summed E-state index contributed by atoms with van der Waals surface area (Å²) < 4.78 is 0. The summed E-state index contributed by atoms with van der Waals surface area (Å²) in [7, 11) is 0. The first kappa shape index (κ1) is 13.8. The lowest BCUT2D eigenvalue weighted by molar-refractivity contribution is 0.478. The topological polar surface area (TPSA) is 70.3 Å². The predicted molar refractivity (Wildman–Crippen MR) is 92.0 cm³/mol. The molecule has 0 unspecified atom stereocenters. The quantitative estimate of drug-likeness (QED) is 0.423. The number of hydrogen-bond donors (Lipinski definition) is 4. The fraction of sp³-hybridized carbons (Fsp3) is 0. The van der Waals surface area contributed by atoms with Crippen molar-refractivity contribution in [2.45, 2.75) is 0 Å². The third-order valence-corrected chi connectivity index (χ3v) is 3.33. The minimum atomic E-state index is 0.205. The van der Waals surface area contributed by atoms with Crippen LogP contribution in [0.4, 0.5) is 28.4 Å². The Bertz CT molecular complexity index is 720. The molecule has 0 spiro atoms. The van der Waals surface area contributed by atoms with Crippen LogP contribution in [0.1, 0.15) is 0 Å². The van der Waals surface area contributed by atoms with E-state index in [2.05, 4.69) is 10.6 Å². The van der Waals surface area contributed by atoms with E-state index in [4.69, 9.17) is 5.73 Å². The van der Waals surface area contributed by atoms with Crippen molar-refractivity contribution < 1.29 is 5.11 Å². The van der Waals surface area contributed by atoms with Gasteiger partial charge in [-0.05, 0) is 36.4 Å². The Hall–Kier alpha value is -3.14. The molecule has 4 heteroatoms. The van der Waals surface area contributed by atoms with Crippen LogP contribution < -0.4 is 16.4 Å². The van der Waals surface area contributed by atoms with E-state index in [9.17, 15) is 5.11 Å². The van der Waals surface area contributed by atoms with Crippen molar-refractivity contribution in [2.75, 3.05) is 16.4 Å². The molecule has 0 aromatic heterocycles. The third-order valence-electron chi connectivity index (χ3n) is 3.33. The van der Waals surface area contributed by atoms with Crippen molar-refractivity contribution in [1.82, 2.24) is 0 Å². The second kappa shape index (κ2) is 6.10. The summed E-state index contributed by atoms with van der Waals surface area (Å²) in [5.74, 6) is 0.205. The Morgan fingerprint density at radius 3 is 1.64 bits per heavy atom. The number of aromatic hydroxyl groups is 1. The van der Waals surface area contributed by atoms with Crippen LogP contribution in [0, 0.1) is 0 Å². The van der Waals surface area contributed by atoms with Crippen LogP contribution in [-0.4, -0.2) is 5.11 Å². The number of nitrogen functional groups attached to an aromatic ring is 1. The van der Waals surface area contributed by atoms with Gasteiger partial charge < -0.3 is 21.5 Å². The third kappa shape index (κ3) is 2.96. The van der Waals surface area contributed by atoms with Crippen molar-refractivity contribution in [3.05, 3.63) is 72.8 Å². The molecule has 4 nitrogen and oxygen atoms in total. The lowest BCUT2D eigenvalue weighted by Crippen LogP contribution is -1.99. The molecule has 0 aliphatic carbocycles. The Morgan fingerprint density at radius 2 is 1.05 bits per heavy atom. The molecule has 22 heavy (non-hydrogen) atoms. The molecule has 5 N–H and O–H groups in total. The number of anilines is 5. The van der Waals surface area contributed by atoms with Crippen LogP contribution >= 0.6 is 0 Å². The Kier molecular flexibility index (Phi) is 3.83. The molecule has 0 fully saturated rings. The Labute approximate surface area is 129 Å². The first-order chi connectivity index (χ1) is 10.7. The van der Waals surface area contributed by atoms with Gasteiger partial charge in [0.25, 0.3) is 0 Å². The van der Waals surface area contributed by atoms with Crippen LogP contribution in [0.25, 0.3) is 0 Å². The van der Waals surface area contributed by atoms with Crippen LogP contribution in [0.3, 0.4) is 0 Å². The second-order valence-electron chi connectivity index (χ2n) is 4.90. The standard InChI is InChI=1S/C18H17N3O/c19-13-7-1-2-8-14(13)20-15-9-3-4-10-16(15)21-17-11-5-6-12-18(17)22/h1-12,20-22H,19H2. The van der Waals surface area contributed by atoms with Gasteiger partial charge in [-0.15, -0.1) is 0 Å². The first-order valence-electron chi connectivity index (χ1n) is 6.99. The number of para-hydroxylation sites is 6. The molecule has 0 amide bonds. The number of rotatable bonds is 4. The van der Waals surface area contributed by atoms with Crippen molar-refractivity contribution >= 4 is 28.4 Å². The van der Waals surface area contributed by atoms with Crippen LogP contribution in [-0.2, 0) is 0 Å². The zero-order valence-electron chi connectivity index (χ0n) is 12.0. The van der Waals surface area contributed by atoms with Gasteiger partial charge in [0.2, 0.25) is 0 Å². The van der Waals surface area contributed by atoms with Crippen LogP contribution in [0.2, 0.25) is 0 Å². The normalized spacial score (nSPS) is 10.2. The molecular weight excluding hydrogens is 274 g/mol. The molecular formula is C18H17N3O. The van der Waals surface area contributed by atoms with Gasteiger partial charge in [0, 0.05) is 0 Å². The van der Waals surface area contributed by atoms with Gasteiger partial charge in [-0.3, -0.25) is 0 Å². The van der Waals surface area contributed by atoms with E-state index in [1.54, 1.807) is 12.1 Å². The zero-order valence-corrected chi connectivity index (χ0v) is 12.0. The molecule has 0 saturated heterocycles. The highest BCUT2D eigenvalue weighted by atomic mass is 16.3. The molecule has 110 valence electrons. The molecule has 3 aromatic rings. The molecule has 0 radical (unpaired) electrons. The van der Waals surface area contributed by atoms with E-state index in [1.807, 2.05) is 60.7 Å². The number of hydrogen-bond acceptors (Lipinski definition) is 4. The molecule has 0 saturated carbocycles. The fourth-order valence-corrected chi connectivity index (χ4v) is 2.18. The summed E-state index contributed by atoms with van der Waals surface area (Å²) in [6.45, 7) is 0. The maximum Gasteiger partial charge on any atom is 0.139 e. The second-order valence-corrected chi connectivity index (χ2v) is 4.90. The van der Waals surface area contributed by atoms with Gasteiger partial charge in [-0.25, -0.2) is 0 Å². The summed E-state index contributed by atoms with van der Waals surface area (Å²) in [6, 6.07) is 22.5. The molecule has 3 aromatic carbocycles. The minimum Gasteiger partial charge on any atom is -0.506 e. The van der Waals surface area contributed by atoms with E-state index >= 15 is 0 Å². The minimum absolute atomic E-state index is 0.205. The van der Waals surface area contributed by atoms with E-state index in [-0.39, 0.29) is 5.75 Å². The maximum absolute atomic E-state index is 9.89. The van der Waals surface area contributed by atoms with Gasteiger partial charge in [0.05, 0.1) is 28.4 Å². The molecule has 0 atom stereocenters. The summed E-state index contributed by atoms with van der Waals surface area (Å²) in [5.41, 5.74) is 9.88. The summed E-state index contributed by atoms with van der Waals surface area (Å²) >= 11 is 0. The van der Waals surface area contributed by atoms with Gasteiger partial charge in [-0.1, -0.05) is 36.4 Å². The first-order valence-corrected chi connectivity index (χ1v) is 6.99. The summed E-state index contributed by atoms with van der Waals surface area (Å²) in [5, 5.41) is 16.4. The van der Waals surface area contributed by atoms with Gasteiger partial charge in [0.1, 0.15) is 5.75 Å². The van der Waals surface area contributed by atoms with E-state index in [1.165, 1.54) is 0 Å². The number of nitrogens with two attached hydrogens (primary N) is 1. The Morgan fingerprint density at radius 1 is 0.591 bits per heavy atom. The average Bonchev–Trinajstić information content (AvgIpc) is 2.53. The number of phenolic OH excluding ortho intramolecular Hbond substituents is 1.